The molecule has 4 rings (SSSR count). The van der Waals surface area contributed by atoms with Gasteiger partial charge in [0.2, 0.25) is 0 Å². The maximum absolute atomic E-state index is 14.2. The van der Waals surface area contributed by atoms with Gasteiger partial charge in [0, 0.05) is 33.8 Å². The van der Waals surface area contributed by atoms with Crippen LogP contribution in [0, 0.1) is 0 Å². The van der Waals surface area contributed by atoms with E-state index in [0.29, 0.717) is 0 Å². The van der Waals surface area contributed by atoms with Crippen molar-refractivity contribution in [1.29, 1.82) is 0 Å². The SMILES string of the molecule is CS(=O)(=O)c1cc(C2=NOC(c3cc(Cl)cc(Cl)c3)(C(F)(F)F)C2)ccc1-n1cncn1. The summed E-state index contributed by atoms with van der Waals surface area (Å²) < 4.78 is 68.5. The van der Waals surface area contributed by atoms with Crippen LogP contribution in [0.1, 0.15) is 17.5 Å². The van der Waals surface area contributed by atoms with Crippen LogP contribution in [0.15, 0.2) is 59.1 Å². The molecule has 2 aromatic carbocycles. The fourth-order valence-corrected chi connectivity index (χ4v) is 4.77. The van der Waals surface area contributed by atoms with Crippen LogP contribution >= 0.6 is 23.2 Å². The summed E-state index contributed by atoms with van der Waals surface area (Å²) >= 11 is 11.8. The van der Waals surface area contributed by atoms with E-state index in [1.807, 2.05) is 0 Å². The highest BCUT2D eigenvalue weighted by atomic mass is 35.5. The lowest BCUT2D eigenvalue weighted by atomic mass is 9.86. The molecule has 1 atom stereocenters. The van der Waals surface area contributed by atoms with Gasteiger partial charge in [0.1, 0.15) is 12.7 Å². The molecule has 0 spiro atoms. The molecule has 1 aliphatic heterocycles. The molecule has 0 amide bonds. The minimum atomic E-state index is -4.87. The van der Waals surface area contributed by atoms with Crippen molar-refractivity contribution in [3.63, 3.8) is 0 Å². The Balaban J connectivity index is 1.79. The summed E-state index contributed by atoms with van der Waals surface area (Å²) in [5.41, 5.74) is -2.89. The Bertz CT molecular complexity index is 1310. The van der Waals surface area contributed by atoms with Crippen molar-refractivity contribution in [2.24, 2.45) is 5.16 Å². The molecule has 0 bridgehead atoms. The Morgan fingerprint density at radius 3 is 2.38 bits per heavy atom. The summed E-state index contributed by atoms with van der Waals surface area (Å²) in [6.07, 6.45) is -2.07. The van der Waals surface area contributed by atoms with Crippen molar-refractivity contribution >= 4 is 38.8 Å². The van der Waals surface area contributed by atoms with Crippen molar-refractivity contribution in [3.05, 3.63) is 70.2 Å². The quantitative estimate of drug-likeness (QED) is 0.519. The highest BCUT2D eigenvalue weighted by molar-refractivity contribution is 7.90. The zero-order valence-corrected chi connectivity index (χ0v) is 18.5. The molecule has 1 aliphatic rings. The van der Waals surface area contributed by atoms with Gasteiger partial charge in [-0.15, -0.1) is 0 Å². The van der Waals surface area contributed by atoms with E-state index in [9.17, 15) is 21.6 Å². The topological polar surface area (TPSA) is 86.4 Å². The first-order chi connectivity index (χ1) is 14.9. The standard InChI is InChI=1S/C19H13Cl2F3N4O3S/c1-32(29,30)17-4-11(2-3-16(17)28-10-25-9-26-28)15-8-18(31-27-15,19(22,23)24)12-5-13(20)7-14(21)6-12/h2-7,9-10H,8H2,1H3. The summed E-state index contributed by atoms with van der Waals surface area (Å²) in [6, 6.07) is 7.59. The van der Waals surface area contributed by atoms with Gasteiger partial charge in [-0.1, -0.05) is 34.4 Å². The summed E-state index contributed by atoms with van der Waals surface area (Å²) in [7, 11) is -3.77. The second kappa shape index (κ2) is 7.75. The maximum atomic E-state index is 14.2. The van der Waals surface area contributed by atoms with Gasteiger partial charge in [0.05, 0.1) is 16.3 Å². The zero-order valence-electron chi connectivity index (χ0n) is 16.1. The molecule has 13 heteroatoms. The summed E-state index contributed by atoms with van der Waals surface area (Å²) in [5.74, 6) is 0. The van der Waals surface area contributed by atoms with Gasteiger partial charge < -0.3 is 4.84 Å². The van der Waals surface area contributed by atoms with Gasteiger partial charge in [-0.05, 0) is 30.3 Å². The van der Waals surface area contributed by atoms with Crippen LogP contribution in [-0.4, -0.2) is 41.3 Å². The largest absolute Gasteiger partial charge is 0.435 e. The molecule has 168 valence electrons. The number of oxime groups is 1. The minimum Gasteiger partial charge on any atom is -0.374 e. The van der Waals surface area contributed by atoms with Crippen LogP contribution < -0.4 is 0 Å². The van der Waals surface area contributed by atoms with Crippen molar-refractivity contribution in [2.75, 3.05) is 6.26 Å². The highest BCUT2D eigenvalue weighted by Crippen LogP contribution is 2.49. The van der Waals surface area contributed by atoms with E-state index in [0.717, 1.165) is 18.4 Å². The predicted molar refractivity (Wildman–Crippen MR) is 111 cm³/mol. The molecule has 7 nitrogen and oxygen atoms in total. The average molecular weight is 505 g/mol. The second-order valence-electron chi connectivity index (χ2n) is 7.08. The van der Waals surface area contributed by atoms with Crippen molar-refractivity contribution in [2.45, 2.75) is 23.1 Å². The van der Waals surface area contributed by atoms with E-state index in [1.165, 1.54) is 41.6 Å². The van der Waals surface area contributed by atoms with Gasteiger partial charge in [-0.3, -0.25) is 0 Å². The normalized spacial score (nSPS) is 19.0. The molecule has 1 unspecified atom stereocenters. The third-order valence-corrected chi connectivity index (χ3v) is 6.44. The van der Waals surface area contributed by atoms with Gasteiger partial charge in [0.15, 0.2) is 9.84 Å². The summed E-state index contributed by atoms with van der Waals surface area (Å²) in [6.45, 7) is 0. The third-order valence-electron chi connectivity index (χ3n) is 4.87. The highest BCUT2D eigenvalue weighted by Gasteiger charge is 2.62. The number of alkyl halides is 3. The molecule has 32 heavy (non-hydrogen) atoms. The van der Waals surface area contributed by atoms with Crippen molar-refractivity contribution in [3.8, 4) is 5.69 Å². The third kappa shape index (κ3) is 3.96. The second-order valence-corrected chi connectivity index (χ2v) is 9.94. The first-order valence-corrected chi connectivity index (χ1v) is 11.5. The zero-order chi connectivity index (χ0) is 23.3. The van der Waals surface area contributed by atoms with Crippen LogP contribution in [0.3, 0.4) is 0 Å². The lowest BCUT2D eigenvalue weighted by Crippen LogP contribution is -2.42. The molecular weight excluding hydrogens is 492 g/mol. The van der Waals surface area contributed by atoms with Crippen molar-refractivity contribution in [1.82, 2.24) is 14.8 Å². The van der Waals surface area contributed by atoms with Crippen molar-refractivity contribution < 1.29 is 26.4 Å². The van der Waals surface area contributed by atoms with Gasteiger partial charge in [0.25, 0.3) is 5.60 Å². The number of rotatable bonds is 4. The molecule has 0 radical (unpaired) electrons. The molecule has 2 heterocycles. The predicted octanol–water partition coefficient (Wildman–Crippen LogP) is 4.56. The van der Waals surface area contributed by atoms with Gasteiger partial charge in [-0.2, -0.15) is 18.3 Å². The maximum Gasteiger partial charge on any atom is 0.435 e. The Morgan fingerprint density at radius 1 is 1.12 bits per heavy atom. The monoisotopic (exact) mass is 504 g/mol. The van der Waals surface area contributed by atoms with Crippen LogP contribution in [0.4, 0.5) is 13.2 Å². The first kappa shape index (κ1) is 22.6. The van der Waals surface area contributed by atoms with Crippen LogP contribution in [0.2, 0.25) is 10.0 Å². The number of nitrogens with zero attached hydrogens (tertiary/aromatic N) is 4. The molecule has 0 saturated heterocycles. The lowest BCUT2D eigenvalue weighted by Gasteiger charge is -2.29. The Labute approximate surface area is 190 Å². The average Bonchev–Trinajstić information content (AvgIpc) is 3.36. The number of sulfone groups is 1. The number of aromatic nitrogens is 3. The van der Waals surface area contributed by atoms with Gasteiger partial charge in [-0.25, -0.2) is 18.1 Å². The minimum absolute atomic E-state index is 0.00437. The number of benzene rings is 2. The number of hydrogen-bond donors (Lipinski definition) is 0. The summed E-state index contributed by atoms with van der Waals surface area (Å²) in [5, 5.41) is 7.58. The van der Waals surface area contributed by atoms with Crippen LogP contribution in [-0.2, 0) is 20.3 Å². The Morgan fingerprint density at radius 2 is 1.81 bits per heavy atom. The molecule has 0 saturated carbocycles. The Hall–Kier alpha value is -2.63. The first-order valence-electron chi connectivity index (χ1n) is 8.88. The molecule has 0 fully saturated rings. The van der Waals surface area contributed by atoms with E-state index >= 15 is 0 Å². The molecule has 0 aliphatic carbocycles. The number of halogens is 5. The molecule has 0 N–H and O–H groups in total. The molecular formula is C19H13Cl2F3N4O3S. The fourth-order valence-electron chi connectivity index (χ4n) is 3.36. The van der Waals surface area contributed by atoms with Crippen LogP contribution in [0.5, 0.6) is 0 Å². The smallest absolute Gasteiger partial charge is 0.374 e. The molecule has 1 aromatic heterocycles. The van der Waals surface area contributed by atoms with E-state index in [1.54, 1.807) is 0 Å². The lowest BCUT2D eigenvalue weighted by molar-refractivity contribution is -0.275. The van der Waals surface area contributed by atoms with E-state index in [2.05, 4.69) is 15.2 Å². The summed E-state index contributed by atoms with van der Waals surface area (Å²) in [4.78, 5) is 8.59. The fraction of sp³-hybridized carbons (Fsp3) is 0.211. The van der Waals surface area contributed by atoms with E-state index < -0.39 is 28.0 Å². The van der Waals surface area contributed by atoms with E-state index in [-0.39, 0.29) is 37.5 Å². The number of hydrogen-bond acceptors (Lipinski definition) is 6. The van der Waals surface area contributed by atoms with E-state index in [4.69, 9.17) is 28.0 Å². The van der Waals surface area contributed by atoms with Gasteiger partial charge >= 0.3 is 6.18 Å². The molecule has 3 aromatic rings. The van der Waals surface area contributed by atoms with Crippen LogP contribution in [0.25, 0.3) is 5.69 Å². The Kier molecular flexibility index (Phi) is 5.46.